The molecule has 5 aliphatic rings. The van der Waals surface area contributed by atoms with Gasteiger partial charge in [0.15, 0.2) is 0 Å². The molecule has 0 radical (unpaired) electrons. The van der Waals surface area contributed by atoms with Crippen molar-refractivity contribution in [2.24, 2.45) is 23.2 Å². The Morgan fingerprint density at radius 3 is 2.48 bits per heavy atom. The molecule has 13 nitrogen and oxygen atoms in total. The molecular formula is C43H62N8O5S5. The second-order valence-electron chi connectivity index (χ2n) is 17.8. The molecule has 3 aromatic heterocycles. The summed E-state index contributed by atoms with van der Waals surface area (Å²) in [6, 6.07) is 7.41. The number of fused-ring (bicyclic) bond motifs is 6. The number of nitrogens with one attached hydrogen (secondary N) is 2. The highest BCUT2D eigenvalue weighted by molar-refractivity contribution is 7.59. The highest BCUT2D eigenvalue weighted by Crippen LogP contribution is 2.42. The summed E-state index contributed by atoms with van der Waals surface area (Å²) in [7, 11) is 2.17. The number of piperazine rings is 1. The fourth-order valence-electron chi connectivity index (χ4n) is 8.80. The minimum absolute atomic E-state index is 0. The predicted molar refractivity (Wildman–Crippen MR) is 261 cm³/mol. The fraction of sp³-hybridized carbons (Fsp3) is 0.558. The van der Waals surface area contributed by atoms with Gasteiger partial charge in [0.1, 0.15) is 12.1 Å². The molecule has 1 aliphatic carbocycles. The Labute approximate surface area is 390 Å². The largest absolute Gasteiger partial charge is 0.464 e. The number of rotatable bonds is 6. The number of pyridine rings is 1. The highest BCUT2D eigenvalue weighted by atomic mass is 32.1. The molecule has 1 saturated carbocycles. The molecule has 2 amide bonds. The molecule has 334 valence electrons. The molecule has 3 saturated heterocycles. The number of esters is 1. The molecule has 4 aliphatic heterocycles. The van der Waals surface area contributed by atoms with Gasteiger partial charge in [-0.3, -0.25) is 24.4 Å². The molecular weight excluding hydrogens is 869 g/mol. The Balaban J connectivity index is 0.00000176. The maximum absolute atomic E-state index is 14.1. The number of hydrogen-bond acceptors (Lipinski definition) is 11. The summed E-state index contributed by atoms with van der Waals surface area (Å²) in [5, 5.41) is 8.51. The zero-order valence-corrected chi connectivity index (χ0v) is 40.3. The van der Waals surface area contributed by atoms with Crippen LogP contribution < -0.4 is 15.6 Å². The maximum atomic E-state index is 14.1. The van der Waals surface area contributed by atoms with E-state index in [1.165, 1.54) is 21.9 Å². The molecule has 4 aromatic rings. The molecule has 6 bridgehead atoms. The van der Waals surface area contributed by atoms with E-state index >= 15 is 0 Å². The molecule has 0 unspecified atom stereocenters. The molecule has 7 heterocycles. The maximum Gasteiger partial charge on any atom is 0.324 e. The Kier molecular flexibility index (Phi) is 16.3. The highest BCUT2D eigenvalue weighted by Gasteiger charge is 2.42. The lowest BCUT2D eigenvalue weighted by atomic mass is 9.84. The van der Waals surface area contributed by atoms with E-state index in [0.29, 0.717) is 37.6 Å². The molecule has 2 N–H and O–H groups in total. The van der Waals surface area contributed by atoms with Crippen molar-refractivity contribution in [1.29, 1.82) is 0 Å². The Morgan fingerprint density at radius 2 is 1.77 bits per heavy atom. The van der Waals surface area contributed by atoms with Crippen molar-refractivity contribution in [3.8, 4) is 22.5 Å². The van der Waals surface area contributed by atoms with E-state index in [4.69, 9.17) is 19.4 Å². The van der Waals surface area contributed by atoms with E-state index in [1.807, 2.05) is 12.4 Å². The van der Waals surface area contributed by atoms with Gasteiger partial charge in [-0.25, -0.2) is 10.4 Å². The SMILES string of the molecule is C[C@H]1C[C@@H]1C(=O)N[C@H]1Cc2nc(cs2)-c2ccc3c(c2)c(c(-c2cncc(N4CCN(C)CC4)c2)n3CC2COC2)CC(C)(C)COC(=O)[C@@H]2CCCN(N2)C1=O.S.S.S.S. The van der Waals surface area contributed by atoms with Crippen molar-refractivity contribution in [3.63, 3.8) is 0 Å². The number of carbonyl (C=O) groups excluding carboxylic acids is 3. The molecule has 1 aromatic carbocycles. The summed E-state index contributed by atoms with van der Waals surface area (Å²) in [4.78, 5) is 55.8. The monoisotopic (exact) mass is 930 g/mol. The molecule has 18 heteroatoms. The van der Waals surface area contributed by atoms with E-state index in [0.717, 1.165) is 96.5 Å². The number of thiazole rings is 1. The number of amides is 2. The van der Waals surface area contributed by atoms with E-state index < -0.39 is 17.5 Å². The number of hydrazine groups is 1. The van der Waals surface area contributed by atoms with Crippen molar-refractivity contribution in [1.82, 2.24) is 35.2 Å². The summed E-state index contributed by atoms with van der Waals surface area (Å²) >= 11 is 1.50. The van der Waals surface area contributed by atoms with Gasteiger partial charge in [0.2, 0.25) is 5.91 Å². The van der Waals surface area contributed by atoms with Gasteiger partial charge < -0.3 is 29.2 Å². The van der Waals surface area contributed by atoms with Gasteiger partial charge in [-0.1, -0.05) is 26.8 Å². The van der Waals surface area contributed by atoms with Crippen LogP contribution in [0.2, 0.25) is 0 Å². The number of nitrogens with zero attached hydrogens (tertiary/aromatic N) is 6. The number of benzene rings is 1. The zero-order valence-electron chi connectivity index (χ0n) is 35.5. The summed E-state index contributed by atoms with van der Waals surface area (Å²) in [5.41, 5.74) is 10.2. The lowest BCUT2D eigenvalue weighted by Crippen LogP contribution is -2.60. The van der Waals surface area contributed by atoms with Gasteiger partial charge in [0.05, 0.1) is 48.1 Å². The van der Waals surface area contributed by atoms with Crippen LogP contribution >= 0.6 is 65.3 Å². The van der Waals surface area contributed by atoms with Crippen LogP contribution in [0, 0.1) is 23.2 Å². The van der Waals surface area contributed by atoms with Gasteiger partial charge in [-0.15, -0.1) is 11.3 Å². The predicted octanol–water partition coefficient (Wildman–Crippen LogP) is 4.98. The molecule has 61 heavy (non-hydrogen) atoms. The molecule has 4 fully saturated rings. The van der Waals surface area contributed by atoms with Crippen LogP contribution in [0.25, 0.3) is 33.4 Å². The first-order chi connectivity index (χ1) is 27.5. The number of anilines is 1. The second kappa shape index (κ2) is 20.2. The Morgan fingerprint density at radius 1 is 1.02 bits per heavy atom. The van der Waals surface area contributed by atoms with Crippen LogP contribution in [0.15, 0.2) is 42.0 Å². The van der Waals surface area contributed by atoms with E-state index in [-0.39, 0.29) is 90.7 Å². The minimum atomic E-state index is -0.819. The first-order valence-corrected chi connectivity index (χ1v) is 21.5. The zero-order chi connectivity index (χ0) is 39.4. The van der Waals surface area contributed by atoms with Gasteiger partial charge in [-0.05, 0) is 62.4 Å². The number of aromatic nitrogens is 3. The molecule has 9 rings (SSSR count). The second-order valence-corrected chi connectivity index (χ2v) is 18.7. The first kappa shape index (κ1) is 49.1. The number of ether oxygens (including phenoxy) is 2. The lowest BCUT2D eigenvalue weighted by molar-refractivity contribution is -0.155. The van der Waals surface area contributed by atoms with Crippen LogP contribution in [-0.2, 0) is 43.2 Å². The third-order valence-electron chi connectivity index (χ3n) is 12.5. The number of hydrogen-bond donors (Lipinski definition) is 2. The molecule has 0 spiro atoms. The van der Waals surface area contributed by atoms with Crippen LogP contribution in [0.5, 0.6) is 0 Å². The quantitative estimate of drug-likeness (QED) is 0.255. The van der Waals surface area contributed by atoms with E-state index in [9.17, 15) is 14.4 Å². The van der Waals surface area contributed by atoms with Crippen LogP contribution in [-0.4, -0.2) is 114 Å². The van der Waals surface area contributed by atoms with Crippen LogP contribution in [0.4, 0.5) is 5.69 Å². The van der Waals surface area contributed by atoms with Gasteiger partial charge >= 0.3 is 5.97 Å². The fourth-order valence-corrected chi connectivity index (χ4v) is 9.65. The topological polar surface area (TPSA) is 134 Å². The van der Waals surface area contributed by atoms with Crippen LogP contribution in [0.1, 0.15) is 50.6 Å². The normalized spacial score (nSPS) is 24.1. The van der Waals surface area contributed by atoms with Crippen molar-refractivity contribution < 1.29 is 23.9 Å². The standard InChI is InChI=1S/C43H54N8O5S.4H2S/c1-26-14-31(26)40(52)46-35-17-38-45-36(24-57-38)28-7-8-37-32(16-28)33(18-43(2,3)25-56-42(54)34-6-5-9-51(47-34)41(35)53)39(50(37)21-27-22-55-23-27)29-15-30(20-44-19-29)49-12-10-48(4)11-13-49;;;;/h7-8,15-16,19-20,24,26-27,31,34-35,47H,5-6,9-14,17-18,21-23,25H2,1-4H3,(H,46,52);4*1H2/t26-,31-,34-,35-;;;;/m0..../s1. The Hall–Kier alpha value is -2.97. The van der Waals surface area contributed by atoms with Gasteiger partial charge in [-0.2, -0.15) is 54.0 Å². The average molecular weight is 931 g/mol. The first-order valence-electron chi connectivity index (χ1n) is 20.6. The number of carbonyl (C=O) groups is 3. The average Bonchev–Trinajstić information content (AvgIpc) is 3.62. The van der Waals surface area contributed by atoms with Gasteiger partial charge in [0, 0.05) is 96.5 Å². The van der Waals surface area contributed by atoms with Crippen molar-refractivity contribution >= 4 is 99.7 Å². The summed E-state index contributed by atoms with van der Waals surface area (Å²) < 4.78 is 14.3. The number of likely N-dealkylation sites (N-methyl/N-ethyl adjacent to an activating group) is 1. The van der Waals surface area contributed by atoms with Crippen LogP contribution in [0.3, 0.4) is 0 Å². The molecule has 4 atom stereocenters. The van der Waals surface area contributed by atoms with E-state index in [1.54, 1.807) is 0 Å². The third-order valence-corrected chi connectivity index (χ3v) is 13.3. The minimum Gasteiger partial charge on any atom is -0.464 e. The summed E-state index contributed by atoms with van der Waals surface area (Å²) in [6.45, 7) is 13.2. The number of cyclic esters (lactones) is 1. The van der Waals surface area contributed by atoms with Crippen molar-refractivity contribution in [2.45, 2.75) is 71.5 Å². The van der Waals surface area contributed by atoms with E-state index in [2.05, 4.69) is 82.6 Å². The Bertz CT molecular complexity index is 2190. The third kappa shape index (κ3) is 10.5. The summed E-state index contributed by atoms with van der Waals surface area (Å²) in [6.07, 6.45) is 6.89. The van der Waals surface area contributed by atoms with Gasteiger partial charge in [0.25, 0.3) is 5.91 Å². The smallest absolute Gasteiger partial charge is 0.324 e. The summed E-state index contributed by atoms with van der Waals surface area (Å²) in [5.74, 6) is -0.138. The van der Waals surface area contributed by atoms with Crippen molar-refractivity contribution in [2.75, 3.05) is 64.5 Å². The lowest BCUT2D eigenvalue weighted by Gasteiger charge is -2.35. The van der Waals surface area contributed by atoms with Crippen molar-refractivity contribution in [3.05, 3.63) is 52.6 Å².